The van der Waals surface area contributed by atoms with E-state index in [1.54, 1.807) is 6.20 Å². The molecular formula is C18H21N5O. The molecule has 6 heteroatoms. The van der Waals surface area contributed by atoms with Gasteiger partial charge >= 0.3 is 0 Å². The highest BCUT2D eigenvalue weighted by Crippen LogP contribution is 2.31. The number of carbonyl (C=O) groups excluding carboxylic acids is 1. The molecule has 0 aliphatic carbocycles. The predicted octanol–water partition coefficient (Wildman–Crippen LogP) is 2.97. The molecule has 2 aromatic rings. The minimum Gasteiger partial charge on any atom is -0.347 e. The number of likely N-dealkylation sites (tertiary alicyclic amines) is 1. The lowest BCUT2D eigenvalue weighted by Gasteiger charge is -2.23. The van der Waals surface area contributed by atoms with E-state index in [0.29, 0.717) is 0 Å². The molecular weight excluding hydrogens is 302 g/mol. The van der Waals surface area contributed by atoms with Gasteiger partial charge in [0, 0.05) is 43.2 Å². The van der Waals surface area contributed by atoms with Crippen LogP contribution in [0.1, 0.15) is 48.4 Å². The third-order valence-electron chi connectivity index (χ3n) is 4.74. The van der Waals surface area contributed by atoms with Crippen molar-refractivity contribution < 1.29 is 4.79 Å². The Kier molecular flexibility index (Phi) is 3.80. The van der Waals surface area contributed by atoms with Crippen LogP contribution in [0.25, 0.3) is 0 Å². The van der Waals surface area contributed by atoms with Gasteiger partial charge in [-0.05, 0) is 44.0 Å². The van der Waals surface area contributed by atoms with Crippen LogP contribution in [0.3, 0.4) is 0 Å². The van der Waals surface area contributed by atoms with Crippen LogP contribution in [-0.2, 0) is 0 Å². The monoisotopic (exact) mass is 323 g/mol. The fourth-order valence-electron chi connectivity index (χ4n) is 3.46. The van der Waals surface area contributed by atoms with E-state index >= 15 is 0 Å². The number of nitrogens with one attached hydrogen (secondary N) is 1. The lowest BCUT2D eigenvalue weighted by molar-refractivity contribution is 0.0730. The van der Waals surface area contributed by atoms with Crippen molar-refractivity contribution in [3.8, 4) is 0 Å². The number of aromatic amines is 1. The van der Waals surface area contributed by atoms with Crippen molar-refractivity contribution in [2.75, 3.05) is 18.1 Å². The van der Waals surface area contributed by atoms with Crippen molar-refractivity contribution in [1.29, 1.82) is 0 Å². The van der Waals surface area contributed by atoms with Crippen molar-refractivity contribution >= 4 is 17.3 Å². The zero-order chi connectivity index (χ0) is 16.5. The van der Waals surface area contributed by atoms with Gasteiger partial charge in [-0.3, -0.25) is 9.80 Å². The molecule has 1 fully saturated rings. The lowest BCUT2D eigenvalue weighted by Crippen LogP contribution is -2.31. The molecule has 0 spiro atoms. The quantitative estimate of drug-likeness (QED) is 0.944. The summed E-state index contributed by atoms with van der Waals surface area (Å²) in [5, 5.41) is 6.49. The number of carbonyl (C=O) groups is 1. The molecule has 2 aliphatic heterocycles. The van der Waals surface area contributed by atoms with Crippen LogP contribution < -0.4 is 5.01 Å². The SMILES string of the molecule is CC1=NN(c2ccc(C(=O)N3CCC[C@@H]3c3ncc[nH]3)cc2)CC1. The van der Waals surface area contributed by atoms with Gasteiger partial charge < -0.3 is 9.88 Å². The first-order valence-corrected chi connectivity index (χ1v) is 8.44. The molecule has 1 aromatic carbocycles. The highest BCUT2D eigenvalue weighted by atomic mass is 16.2. The molecule has 124 valence electrons. The second-order valence-corrected chi connectivity index (χ2v) is 6.39. The molecule has 4 rings (SSSR count). The minimum absolute atomic E-state index is 0.0537. The second kappa shape index (κ2) is 6.11. The maximum Gasteiger partial charge on any atom is 0.254 e. The molecule has 0 saturated carbocycles. The Hall–Kier alpha value is -2.63. The van der Waals surface area contributed by atoms with Gasteiger partial charge in [-0.1, -0.05) is 0 Å². The van der Waals surface area contributed by atoms with E-state index in [2.05, 4.69) is 15.1 Å². The first-order chi connectivity index (χ1) is 11.7. The van der Waals surface area contributed by atoms with Crippen LogP contribution >= 0.6 is 0 Å². The van der Waals surface area contributed by atoms with Crippen molar-refractivity contribution in [3.63, 3.8) is 0 Å². The summed E-state index contributed by atoms with van der Waals surface area (Å²) < 4.78 is 0. The third kappa shape index (κ3) is 2.68. The molecule has 1 aromatic heterocycles. The Labute approximate surface area is 141 Å². The largest absolute Gasteiger partial charge is 0.347 e. The normalized spacial score (nSPS) is 20.5. The molecule has 0 radical (unpaired) electrons. The summed E-state index contributed by atoms with van der Waals surface area (Å²) in [5.74, 6) is 0.945. The molecule has 2 aliphatic rings. The van der Waals surface area contributed by atoms with Gasteiger partial charge in [0.1, 0.15) is 5.82 Å². The zero-order valence-corrected chi connectivity index (χ0v) is 13.8. The number of hydrazone groups is 1. The molecule has 0 unspecified atom stereocenters. The number of anilines is 1. The van der Waals surface area contributed by atoms with E-state index in [0.717, 1.165) is 55.1 Å². The molecule has 6 nitrogen and oxygen atoms in total. The summed E-state index contributed by atoms with van der Waals surface area (Å²) >= 11 is 0. The Morgan fingerprint density at radius 1 is 1.25 bits per heavy atom. The Balaban J connectivity index is 1.52. The molecule has 3 heterocycles. The first kappa shape index (κ1) is 14.9. The summed E-state index contributed by atoms with van der Waals surface area (Å²) in [5.41, 5.74) is 2.90. The van der Waals surface area contributed by atoms with E-state index in [4.69, 9.17) is 0 Å². The molecule has 1 N–H and O–H groups in total. The number of aromatic nitrogens is 2. The maximum atomic E-state index is 12.9. The van der Waals surface area contributed by atoms with Crippen molar-refractivity contribution in [1.82, 2.24) is 14.9 Å². The Morgan fingerprint density at radius 2 is 2.08 bits per heavy atom. The zero-order valence-electron chi connectivity index (χ0n) is 13.8. The number of imidazole rings is 1. The van der Waals surface area contributed by atoms with Gasteiger partial charge in [0.2, 0.25) is 0 Å². The summed E-state index contributed by atoms with van der Waals surface area (Å²) in [6.45, 7) is 3.73. The van der Waals surface area contributed by atoms with E-state index in [1.807, 2.05) is 47.3 Å². The van der Waals surface area contributed by atoms with Gasteiger partial charge in [0.05, 0.1) is 11.7 Å². The number of H-pyrrole nitrogens is 1. The van der Waals surface area contributed by atoms with E-state index in [9.17, 15) is 4.79 Å². The van der Waals surface area contributed by atoms with Crippen LogP contribution in [0.2, 0.25) is 0 Å². The van der Waals surface area contributed by atoms with E-state index in [1.165, 1.54) is 0 Å². The van der Waals surface area contributed by atoms with Crippen molar-refractivity contribution in [2.45, 2.75) is 32.2 Å². The fraction of sp³-hybridized carbons (Fsp3) is 0.389. The summed E-state index contributed by atoms with van der Waals surface area (Å²) in [7, 11) is 0. The van der Waals surface area contributed by atoms with Crippen LogP contribution in [0.5, 0.6) is 0 Å². The number of hydrogen-bond donors (Lipinski definition) is 1. The first-order valence-electron chi connectivity index (χ1n) is 8.44. The van der Waals surface area contributed by atoms with Gasteiger partial charge in [-0.2, -0.15) is 5.10 Å². The number of amides is 1. The average molecular weight is 323 g/mol. The molecule has 0 bridgehead atoms. The standard InChI is InChI=1S/C18H21N5O/c1-13-8-12-23(21-13)15-6-4-14(5-7-15)18(24)22-11-2-3-16(22)17-19-9-10-20-17/h4-7,9-10,16H,2-3,8,11-12H2,1H3,(H,19,20)/t16-/m1/s1. The minimum atomic E-state index is 0.0537. The molecule has 1 amide bonds. The van der Waals surface area contributed by atoms with Crippen LogP contribution in [0.15, 0.2) is 41.8 Å². The summed E-state index contributed by atoms with van der Waals surface area (Å²) in [4.78, 5) is 22.3. The lowest BCUT2D eigenvalue weighted by atomic mass is 10.1. The number of hydrogen-bond acceptors (Lipinski definition) is 4. The second-order valence-electron chi connectivity index (χ2n) is 6.39. The number of benzene rings is 1. The average Bonchev–Trinajstić information content (AvgIpc) is 3.35. The van der Waals surface area contributed by atoms with Crippen LogP contribution in [0.4, 0.5) is 5.69 Å². The summed E-state index contributed by atoms with van der Waals surface area (Å²) in [6.07, 6.45) is 6.52. The fourth-order valence-corrected chi connectivity index (χ4v) is 3.46. The maximum absolute atomic E-state index is 12.9. The number of rotatable bonds is 3. The van der Waals surface area contributed by atoms with Gasteiger partial charge in [-0.15, -0.1) is 0 Å². The third-order valence-corrected chi connectivity index (χ3v) is 4.74. The smallest absolute Gasteiger partial charge is 0.254 e. The van der Waals surface area contributed by atoms with Crippen LogP contribution in [0, 0.1) is 0 Å². The predicted molar refractivity (Wildman–Crippen MR) is 93.1 cm³/mol. The van der Waals surface area contributed by atoms with E-state index < -0.39 is 0 Å². The van der Waals surface area contributed by atoms with Crippen molar-refractivity contribution in [3.05, 3.63) is 48.0 Å². The molecule has 24 heavy (non-hydrogen) atoms. The Morgan fingerprint density at radius 3 is 2.75 bits per heavy atom. The van der Waals surface area contributed by atoms with Crippen molar-refractivity contribution in [2.24, 2.45) is 5.10 Å². The van der Waals surface area contributed by atoms with Gasteiger partial charge in [0.15, 0.2) is 0 Å². The van der Waals surface area contributed by atoms with E-state index in [-0.39, 0.29) is 11.9 Å². The van der Waals surface area contributed by atoms with Crippen LogP contribution in [-0.4, -0.2) is 39.6 Å². The molecule has 1 atom stereocenters. The topological polar surface area (TPSA) is 64.6 Å². The molecule has 1 saturated heterocycles. The summed E-state index contributed by atoms with van der Waals surface area (Å²) in [6, 6.07) is 7.81. The highest BCUT2D eigenvalue weighted by molar-refractivity contribution is 5.95. The van der Waals surface area contributed by atoms with Gasteiger partial charge in [0.25, 0.3) is 5.91 Å². The van der Waals surface area contributed by atoms with Gasteiger partial charge in [-0.25, -0.2) is 4.98 Å². The Bertz CT molecular complexity index is 750. The number of nitrogens with zero attached hydrogens (tertiary/aromatic N) is 4. The highest BCUT2D eigenvalue weighted by Gasteiger charge is 2.32.